The van der Waals surface area contributed by atoms with Crippen molar-refractivity contribution in [1.82, 2.24) is 9.80 Å². The Morgan fingerprint density at radius 2 is 1.96 bits per heavy atom. The summed E-state index contributed by atoms with van der Waals surface area (Å²) in [6.07, 6.45) is 6.00. The summed E-state index contributed by atoms with van der Waals surface area (Å²) in [6, 6.07) is 9.41. The fourth-order valence-electron chi connectivity index (χ4n) is 5.37. The Morgan fingerprint density at radius 3 is 2.68 bits per heavy atom. The molecule has 3 atom stereocenters. The van der Waals surface area contributed by atoms with Gasteiger partial charge in [0, 0.05) is 32.3 Å². The van der Waals surface area contributed by atoms with E-state index in [1.807, 2.05) is 16.8 Å². The van der Waals surface area contributed by atoms with Crippen LogP contribution in [0.2, 0.25) is 0 Å². The van der Waals surface area contributed by atoms with Crippen LogP contribution in [-0.4, -0.2) is 53.2 Å². The SMILES string of the molecule is C[C@@H]1CC[C@H](CCO)N1C(=O)N(C)CC[C@@]1(C)c2ccccc2CCC1(C)C. The van der Waals surface area contributed by atoms with Crippen molar-refractivity contribution in [3.8, 4) is 0 Å². The molecular weight excluding hydrogens is 348 g/mol. The monoisotopic (exact) mass is 386 g/mol. The van der Waals surface area contributed by atoms with Gasteiger partial charge < -0.3 is 14.9 Å². The largest absolute Gasteiger partial charge is 0.396 e. The summed E-state index contributed by atoms with van der Waals surface area (Å²) in [6.45, 7) is 10.2. The minimum absolute atomic E-state index is 0.0531. The van der Waals surface area contributed by atoms with Crippen LogP contribution >= 0.6 is 0 Å². The van der Waals surface area contributed by atoms with Crippen molar-refractivity contribution in [2.45, 2.75) is 83.7 Å². The van der Waals surface area contributed by atoms with Gasteiger partial charge in [0.2, 0.25) is 0 Å². The molecule has 4 heteroatoms. The molecule has 28 heavy (non-hydrogen) atoms. The zero-order valence-corrected chi connectivity index (χ0v) is 18.4. The summed E-state index contributed by atoms with van der Waals surface area (Å²) >= 11 is 0. The van der Waals surface area contributed by atoms with Crippen LogP contribution in [0.4, 0.5) is 4.79 Å². The first-order valence-corrected chi connectivity index (χ1v) is 10.9. The third-order valence-corrected chi connectivity index (χ3v) is 7.87. The minimum Gasteiger partial charge on any atom is -0.396 e. The second-order valence-electron chi connectivity index (χ2n) is 9.83. The first kappa shape index (κ1) is 21.2. The summed E-state index contributed by atoms with van der Waals surface area (Å²) in [5.41, 5.74) is 3.18. The molecule has 0 aromatic heterocycles. The van der Waals surface area contributed by atoms with E-state index in [2.05, 4.69) is 52.0 Å². The Labute approximate surface area is 170 Å². The van der Waals surface area contributed by atoms with Gasteiger partial charge in [-0.3, -0.25) is 0 Å². The van der Waals surface area contributed by atoms with Crippen molar-refractivity contribution in [2.75, 3.05) is 20.2 Å². The van der Waals surface area contributed by atoms with Gasteiger partial charge in [0.1, 0.15) is 0 Å². The predicted molar refractivity (Wildman–Crippen MR) is 115 cm³/mol. The first-order valence-electron chi connectivity index (χ1n) is 10.9. The molecule has 1 heterocycles. The van der Waals surface area contributed by atoms with E-state index in [9.17, 15) is 9.90 Å². The molecule has 0 spiro atoms. The number of aryl methyl sites for hydroxylation is 1. The molecule has 1 aromatic rings. The van der Waals surface area contributed by atoms with Crippen molar-refractivity contribution in [3.63, 3.8) is 0 Å². The van der Waals surface area contributed by atoms with Crippen LogP contribution in [0.15, 0.2) is 24.3 Å². The maximum Gasteiger partial charge on any atom is 0.320 e. The number of hydrogen-bond donors (Lipinski definition) is 1. The van der Waals surface area contributed by atoms with Crippen LogP contribution in [-0.2, 0) is 11.8 Å². The van der Waals surface area contributed by atoms with Gasteiger partial charge in [0.25, 0.3) is 0 Å². The van der Waals surface area contributed by atoms with Gasteiger partial charge in [0.05, 0.1) is 0 Å². The molecule has 1 aliphatic heterocycles. The van der Waals surface area contributed by atoms with Crippen LogP contribution in [0.1, 0.15) is 70.9 Å². The molecule has 2 amide bonds. The molecule has 1 aliphatic carbocycles. The van der Waals surface area contributed by atoms with Gasteiger partial charge in [0.15, 0.2) is 0 Å². The fourth-order valence-corrected chi connectivity index (χ4v) is 5.37. The molecule has 3 rings (SSSR count). The molecule has 1 saturated heterocycles. The Bertz CT molecular complexity index is 700. The number of rotatable bonds is 5. The zero-order valence-electron chi connectivity index (χ0n) is 18.4. The standard InChI is InChI=1S/C24H38N2O2/c1-18-10-11-20(13-17-27)26(18)22(28)25(5)16-15-24(4)21-9-7-6-8-19(21)12-14-23(24,2)3/h6-9,18,20,27H,10-17H2,1-5H3/t18-,20-,24+/m1/s1. The zero-order chi connectivity index (χ0) is 20.5. The lowest BCUT2D eigenvalue weighted by Crippen LogP contribution is -2.50. The van der Waals surface area contributed by atoms with E-state index >= 15 is 0 Å². The number of fused-ring (bicyclic) bond motifs is 1. The van der Waals surface area contributed by atoms with E-state index < -0.39 is 0 Å². The summed E-state index contributed by atoms with van der Waals surface area (Å²) in [4.78, 5) is 17.1. The van der Waals surface area contributed by atoms with Crippen molar-refractivity contribution < 1.29 is 9.90 Å². The lowest BCUT2D eigenvalue weighted by atomic mass is 9.55. The highest BCUT2D eigenvalue weighted by atomic mass is 16.3. The smallest absolute Gasteiger partial charge is 0.320 e. The van der Waals surface area contributed by atoms with E-state index in [0.29, 0.717) is 6.42 Å². The van der Waals surface area contributed by atoms with Crippen LogP contribution in [0.3, 0.4) is 0 Å². The minimum atomic E-state index is 0.0531. The molecule has 1 aromatic carbocycles. The van der Waals surface area contributed by atoms with Gasteiger partial charge in [-0.25, -0.2) is 4.79 Å². The van der Waals surface area contributed by atoms with E-state index in [-0.39, 0.29) is 35.6 Å². The van der Waals surface area contributed by atoms with Gasteiger partial charge in [-0.05, 0) is 67.4 Å². The molecule has 2 aliphatic rings. The molecule has 1 fully saturated rings. The van der Waals surface area contributed by atoms with Crippen LogP contribution in [0, 0.1) is 5.41 Å². The number of likely N-dealkylation sites (tertiary alicyclic amines) is 1. The Hall–Kier alpha value is -1.55. The molecule has 0 unspecified atom stereocenters. The predicted octanol–water partition coefficient (Wildman–Crippen LogP) is 4.59. The quantitative estimate of drug-likeness (QED) is 0.804. The summed E-state index contributed by atoms with van der Waals surface area (Å²) in [5.74, 6) is 0. The first-order chi connectivity index (χ1) is 13.2. The maximum atomic E-state index is 13.2. The summed E-state index contributed by atoms with van der Waals surface area (Å²) < 4.78 is 0. The lowest BCUT2D eigenvalue weighted by molar-refractivity contribution is 0.107. The van der Waals surface area contributed by atoms with Crippen molar-refractivity contribution in [1.29, 1.82) is 0 Å². The number of carbonyl (C=O) groups excluding carboxylic acids is 1. The molecule has 0 saturated carbocycles. The Morgan fingerprint density at radius 1 is 1.25 bits per heavy atom. The Balaban J connectivity index is 1.74. The van der Waals surface area contributed by atoms with Gasteiger partial charge >= 0.3 is 6.03 Å². The number of urea groups is 1. The second-order valence-corrected chi connectivity index (χ2v) is 9.83. The molecule has 0 bridgehead atoms. The maximum absolute atomic E-state index is 13.2. The Kier molecular flexibility index (Phi) is 6.09. The average molecular weight is 387 g/mol. The molecule has 0 radical (unpaired) electrons. The normalized spacial score (nSPS) is 28.9. The van der Waals surface area contributed by atoms with Gasteiger partial charge in [-0.1, -0.05) is 45.0 Å². The number of benzene rings is 1. The molecule has 156 valence electrons. The highest BCUT2D eigenvalue weighted by Crippen LogP contribution is 2.51. The number of hydrogen-bond acceptors (Lipinski definition) is 2. The van der Waals surface area contributed by atoms with Crippen molar-refractivity contribution in [3.05, 3.63) is 35.4 Å². The highest BCUT2D eigenvalue weighted by Gasteiger charge is 2.46. The third kappa shape index (κ3) is 3.68. The van der Waals surface area contributed by atoms with E-state index in [1.54, 1.807) is 0 Å². The fraction of sp³-hybridized carbons (Fsp3) is 0.708. The topological polar surface area (TPSA) is 43.8 Å². The third-order valence-electron chi connectivity index (χ3n) is 7.87. The second kappa shape index (κ2) is 8.06. The van der Waals surface area contributed by atoms with Crippen molar-refractivity contribution >= 4 is 6.03 Å². The van der Waals surface area contributed by atoms with Crippen molar-refractivity contribution in [2.24, 2.45) is 5.41 Å². The average Bonchev–Trinajstić information content (AvgIpc) is 3.03. The number of amides is 2. The number of nitrogens with zero attached hydrogens (tertiary/aromatic N) is 2. The molecule has 4 nitrogen and oxygen atoms in total. The van der Waals surface area contributed by atoms with E-state index in [1.165, 1.54) is 17.5 Å². The molecular formula is C24H38N2O2. The summed E-state index contributed by atoms with van der Waals surface area (Å²) in [5, 5.41) is 9.36. The van der Waals surface area contributed by atoms with Gasteiger partial charge in [-0.2, -0.15) is 0 Å². The highest BCUT2D eigenvalue weighted by molar-refractivity contribution is 5.75. The van der Waals surface area contributed by atoms with Crippen LogP contribution < -0.4 is 0 Å². The summed E-state index contributed by atoms with van der Waals surface area (Å²) in [7, 11) is 1.94. The molecule has 1 N–H and O–H groups in total. The number of carbonyl (C=O) groups is 1. The lowest BCUT2D eigenvalue weighted by Gasteiger charge is -2.50. The van der Waals surface area contributed by atoms with E-state index in [4.69, 9.17) is 0 Å². The van der Waals surface area contributed by atoms with E-state index in [0.717, 1.165) is 32.2 Å². The number of aliphatic hydroxyl groups is 1. The van der Waals surface area contributed by atoms with Crippen LogP contribution in [0.25, 0.3) is 0 Å². The van der Waals surface area contributed by atoms with Gasteiger partial charge in [-0.15, -0.1) is 0 Å². The number of aliphatic hydroxyl groups excluding tert-OH is 1. The van der Waals surface area contributed by atoms with Crippen LogP contribution in [0.5, 0.6) is 0 Å².